The lowest BCUT2D eigenvalue weighted by Gasteiger charge is -2.36. The van der Waals surface area contributed by atoms with Gasteiger partial charge in [0.05, 0.1) is 19.2 Å². The van der Waals surface area contributed by atoms with Gasteiger partial charge < -0.3 is 25.2 Å². The van der Waals surface area contributed by atoms with Crippen LogP contribution in [0.25, 0.3) is 0 Å². The summed E-state index contributed by atoms with van der Waals surface area (Å²) in [5.74, 6) is 0.654. The molecule has 2 amide bonds. The van der Waals surface area contributed by atoms with Crippen molar-refractivity contribution in [2.75, 3.05) is 56.6 Å². The number of rotatable bonds is 8. The van der Waals surface area contributed by atoms with Gasteiger partial charge >= 0.3 is 0 Å². The Bertz CT molecular complexity index is 874. The molecule has 0 spiro atoms. The molecule has 0 atom stereocenters. The Labute approximate surface area is 177 Å². The second-order valence-electron chi connectivity index (χ2n) is 6.96. The van der Waals surface area contributed by atoms with Gasteiger partial charge in [0.1, 0.15) is 5.75 Å². The Morgan fingerprint density at radius 3 is 2.43 bits per heavy atom. The van der Waals surface area contributed by atoms with Crippen molar-refractivity contribution in [1.29, 1.82) is 0 Å². The Kier molecular flexibility index (Phi) is 7.32. The number of ether oxygens (including phenoxy) is 1. The van der Waals surface area contributed by atoms with Crippen molar-refractivity contribution in [1.82, 2.24) is 10.2 Å². The minimum atomic E-state index is -0.196. The van der Waals surface area contributed by atoms with Gasteiger partial charge in [0.25, 0.3) is 5.91 Å². The number of nitrogens with zero attached hydrogens (tertiary/aromatic N) is 2. The lowest BCUT2D eigenvalue weighted by Crippen LogP contribution is -2.50. The largest absolute Gasteiger partial charge is 0.497 e. The molecular weight excluding hydrogens is 380 g/mol. The second-order valence-corrected chi connectivity index (χ2v) is 6.96. The van der Waals surface area contributed by atoms with Gasteiger partial charge in [0.2, 0.25) is 5.91 Å². The minimum absolute atomic E-state index is 0.0192. The van der Waals surface area contributed by atoms with Gasteiger partial charge in [-0.15, -0.1) is 6.58 Å². The predicted molar refractivity (Wildman–Crippen MR) is 119 cm³/mol. The van der Waals surface area contributed by atoms with E-state index in [4.69, 9.17) is 4.74 Å². The first-order valence-corrected chi connectivity index (χ1v) is 10.0. The predicted octanol–water partition coefficient (Wildman–Crippen LogP) is 2.37. The smallest absolute Gasteiger partial charge is 0.253 e. The molecule has 1 saturated heterocycles. The normalized spacial score (nSPS) is 13.5. The van der Waals surface area contributed by atoms with E-state index in [1.807, 2.05) is 35.2 Å². The standard InChI is InChI=1S/C23H28N4O3/c1-3-12-24-23(29)20-6-4-5-7-21(20)25-17-22(28)27-15-13-26(14-16-27)18-8-10-19(30-2)11-9-18/h3-11,25H,1,12-17H2,2H3,(H,24,29). The maximum atomic E-state index is 12.7. The number of methoxy groups -OCH3 is 1. The molecule has 2 aromatic carbocycles. The molecule has 0 bridgehead atoms. The molecule has 0 aliphatic carbocycles. The Morgan fingerprint density at radius 1 is 1.07 bits per heavy atom. The van der Waals surface area contributed by atoms with Gasteiger partial charge in [-0.2, -0.15) is 0 Å². The number of para-hydroxylation sites is 1. The van der Waals surface area contributed by atoms with Crippen molar-refractivity contribution in [3.05, 3.63) is 66.7 Å². The summed E-state index contributed by atoms with van der Waals surface area (Å²) in [7, 11) is 1.65. The van der Waals surface area contributed by atoms with Crippen LogP contribution in [0.3, 0.4) is 0 Å². The molecule has 1 aliphatic heterocycles. The number of piperazine rings is 1. The molecule has 2 N–H and O–H groups in total. The average molecular weight is 409 g/mol. The van der Waals surface area contributed by atoms with Crippen LogP contribution in [-0.4, -0.2) is 63.1 Å². The van der Waals surface area contributed by atoms with E-state index in [2.05, 4.69) is 22.1 Å². The third kappa shape index (κ3) is 5.31. The topological polar surface area (TPSA) is 73.9 Å². The van der Waals surface area contributed by atoms with Crippen molar-refractivity contribution in [3.8, 4) is 5.75 Å². The first-order chi connectivity index (χ1) is 14.6. The SMILES string of the molecule is C=CCNC(=O)c1ccccc1NCC(=O)N1CCN(c2ccc(OC)cc2)CC1. The molecule has 1 aliphatic rings. The molecule has 7 nitrogen and oxygen atoms in total. The van der Waals surface area contributed by atoms with Crippen LogP contribution < -0.4 is 20.3 Å². The molecule has 2 aromatic rings. The fourth-order valence-corrected chi connectivity index (χ4v) is 3.39. The van der Waals surface area contributed by atoms with E-state index >= 15 is 0 Å². The minimum Gasteiger partial charge on any atom is -0.497 e. The zero-order valence-corrected chi connectivity index (χ0v) is 17.3. The molecule has 0 radical (unpaired) electrons. The first-order valence-electron chi connectivity index (χ1n) is 10.0. The monoisotopic (exact) mass is 408 g/mol. The molecule has 0 unspecified atom stereocenters. The number of carbonyl (C=O) groups is 2. The molecule has 158 valence electrons. The summed E-state index contributed by atoms with van der Waals surface area (Å²) in [6.45, 7) is 7.02. The Balaban J connectivity index is 1.52. The van der Waals surface area contributed by atoms with Crippen LogP contribution in [0.5, 0.6) is 5.75 Å². The quantitative estimate of drug-likeness (QED) is 0.656. The number of nitrogens with one attached hydrogen (secondary N) is 2. The summed E-state index contributed by atoms with van der Waals surface area (Å²) in [5.41, 5.74) is 2.28. The van der Waals surface area contributed by atoms with Crippen molar-refractivity contribution in [3.63, 3.8) is 0 Å². The molecule has 1 heterocycles. The van der Waals surface area contributed by atoms with Crippen LogP contribution in [0.1, 0.15) is 10.4 Å². The van der Waals surface area contributed by atoms with Gasteiger partial charge in [-0.05, 0) is 36.4 Å². The third-order valence-electron chi connectivity index (χ3n) is 5.08. The highest BCUT2D eigenvalue weighted by Gasteiger charge is 2.21. The molecule has 0 aromatic heterocycles. The fraction of sp³-hybridized carbons (Fsp3) is 0.304. The number of anilines is 2. The van der Waals surface area contributed by atoms with Crippen molar-refractivity contribution in [2.24, 2.45) is 0 Å². The van der Waals surface area contributed by atoms with E-state index in [1.54, 1.807) is 31.4 Å². The van der Waals surface area contributed by atoms with Gasteiger partial charge in [-0.1, -0.05) is 18.2 Å². The van der Waals surface area contributed by atoms with Gasteiger partial charge in [0.15, 0.2) is 0 Å². The molecular formula is C23H28N4O3. The fourth-order valence-electron chi connectivity index (χ4n) is 3.39. The van der Waals surface area contributed by atoms with E-state index < -0.39 is 0 Å². The average Bonchev–Trinajstić information content (AvgIpc) is 2.81. The van der Waals surface area contributed by atoms with Crippen molar-refractivity contribution >= 4 is 23.2 Å². The zero-order chi connectivity index (χ0) is 21.3. The summed E-state index contributed by atoms with van der Waals surface area (Å²) < 4.78 is 5.20. The van der Waals surface area contributed by atoms with E-state index in [0.717, 1.165) is 24.5 Å². The van der Waals surface area contributed by atoms with Crippen molar-refractivity contribution in [2.45, 2.75) is 0 Å². The van der Waals surface area contributed by atoms with Crippen LogP contribution in [0.4, 0.5) is 11.4 Å². The number of carbonyl (C=O) groups excluding carboxylic acids is 2. The molecule has 1 fully saturated rings. The van der Waals surface area contributed by atoms with Crippen LogP contribution in [-0.2, 0) is 4.79 Å². The maximum Gasteiger partial charge on any atom is 0.253 e. The van der Waals surface area contributed by atoms with E-state index in [0.29, 0.717) is 30.9 Å². The lowest BCUT2D eigenvalue weighted by molar-refractivity contribution is -0.129. The highest BCUT2D eigenvalue weighted by Crippen LogP contribution is 2.21. The van der Waals surface area contributed by atoms with Gasteiger partial charge in [-0.3, -0.25) is 9.59 Å². The molecule has 0 saturated carbocycles. The second kappa shape index (κ2) is 10.3. The van der Waals surface area contributed by atoms with E-state index in [9.17, 15) is 9.59 Å². The third-order valence-corrected chi connectivity index (χ3v) is 5.08. The van der Waals surface area contributed by atoms with Crippen LogP contribution in [0.2, 0.25) is 0 Å². The first kappa shape index (κ1) is 21.2. The summed E-state index contributed by atoms with van der Waals surface area (Å²) in [5, 5.41) is 5.88. The highest BCUT2D eigenvalue weighted by atomic mass is 16.5. The summed E-state index contributed by atoms with van der Waals surface area (Å²) in [6.07, 6.45) is 1.63. The maximum absolute atomic E-state index is 12.7. The zero-order valence-electron chi connectivity index (χ0n) is 17.3. The lowest BCUT2D eigenvalue weighted by atomic mass is 10.1. The highest BCUT2D eigenvalue weighted by molar-refractivity contribution is 6.00. The van der Waals surface area contributed by atoms with E-state index in [1.165, 1.54) is 0 Å². The van der Waals surface area contributed by atoms with Crippen LogP contribution in [0.15, 0.2) is 61.2 Å². The van der Waals surface area contributed by atoms with Crippen molar-refractivity contribution < 1.29 is 14.3 Å². The molecule has 30 heavy (non-hydrogen) atoms. The number of hydrogen-bond donors (Lipinski definition) is 2. The summed E-state index contributed by atoms with van der Waals surface area (Å²) >= 11 is 0. The summed E-state index contributed by atoms with van der Waals surface area (Å²) in [4.78, 5) is 29.1. The number of benzene rings is 2. The van der Waals surface area contributed by atoms with Gasteiger partial charge in [-0.25, -0.2) is 0 Å². The Morgan fingerprint density at radius 2 is 1.77 bits per heavy atom. The van der Waals surface area contributed by atoms with Crippen LogP contribution >= 0.6 is 0 Å². The molecule has 3 rings (SSSR count). The Hall–Kier alpha value is -3.48. The molecule has 7 heteroatoms. The number of hydrogen-bond acceptors (Lipinski definition) is 5. The van der Waals surface area contributed by atoms with Crippen LogP contribution in [0, 0.1) is 0 Å². The number of amides is 2. The van der Waals surface area contributed by atoms with Gasteiger partial charge in [0, 0.05) is 44.1 Å². The van der Waals surface area contributed by atoms with E-state index in [-0.39, 0.29) is 18.4 Å². The summed E-state index contributed by atoms with van der Waals surface area (Å²) in [6, 6.07) is 15.1.